The first kappa shape index (κ1) is 17.9. The molecule has 3 heterocycles. The number of amides is 1. The van der Waals surface area contributed by atoms with Crippen LogP contribution >= 0.6 is 0 Å². The number of para-hydroxylation sites is 1. The normalized spacial score (nSPS) is 18.5. The van der Waals surface area contributed by atoms with Gasteiger partial charge in [0.05, 0.1) is 5.52 Å². The molecular weight excluding hydrogens is 369 g/mol. The molecule has 5 rings (SSSR count). The summed E-state index contributed by atoms with van der Waals surface area (Å²) in [6, 6.07) is 12.4. The summed E-state index contributed by atoms with van der Waals surface area (Å²) in [7, 11) is 0. The van der Waals surface area contributed by atoms with E-state index in [-0.39, 0.29) is 28.8 Å². The second-order valence-electron chi connectivity index (χ2n) is 7.90. The molecule has 29 heavy (non-hydrogen) atoms. The third-order valence-electron chi connectivity index (χ3n) is 6.11. The van der Waals surface area contributed by atoms with E-state index >= 15 is 0 Å². The number of nitrogens with zero attached hydrogens (tertiary/aromatic N) is 3. The number of carbonyl (C=O) groups is 1. The molecular formula is C23H22FN3O2. The minimum atomic E-state index is -0.259. The lowest BCUT2D eigenvalue weighted by molar-refractivity contribution is 0.0745. The van der Waals surface area contributed by atoms with E-state index in [1.807, 2.05) is 12.1 Å². The van der Waals surface area contributed by atoms with Crippen LogP contribution in [0, 0.1) is 5.82 Å². The van der Waals surface area contributed by atoms with Gasteiger partial charge in [-0.25, -0.2) is 4.39 Å². The SMILES string of the molecule is CC1Cc2cccc3c(=O)c(C(=O)N4CCN(c5ccc(F)cc5)CC4)cn1c23. The predicted molar refractivity (Wildman–Crippen MR) is 111 cm³/mol. The number of pyridine rings is 1. The van der Waals surface area contributed by atoms with Crippen LogP contribution in [0.3, 0.4) is 0 Å². The molecule has 0 N–H and O–H groups in total. The van der Waals surface area contributed by atoms with Gasteiger partial charge in [-0.15, -0.1) is 0 Å². The minimum absolute atomic E-state index is 0.182. The summed E-state index contributed by atoms with van der Waals surface area (Å²) in [5, 5.41) is 0.627. The molecule has 2 aliphatic rings. The van der Waals surface area contributed by atoms with Crippen molar-refractivity contribution >= 4 is 22.5 Å². The van der Waals surface area contributed by atoms with Gasteiger partial charge in [-0.1, -0.05) is 12.1 Å². The van der Waals surface area contributed by atoms with Gasteiger partial charge in [0.25, 0.3) is 5.91 Å². The van der Waals surface area contributed by atoms with Crippen LogP contribution in [0.5, 0.6) is 0 Å². The van der Waals surface area contributed by atoms with E-state index in [1.54, 1.807) is 23.2 Å². The average Bonchev–Trinajstić information content (AvgIpc) is 3.07. The van der Waals surface area contributed by atoms with Crippen molar-refractivity contribution in [2.24, 2.45) is 0 Å². The highest BCUT2D eigenvalue weighted by Crippen LogP contribution is 2.31. The number of carbonyl (C=O) groups excluding carboxylic acids is 1. The number of rotatable bonds is 2. The first-order chi connectivity index (χ1) is 14.0. The summed E-state index contributed by atoms with van der Waals surface area (Å²) in [5.41, 5.74) is 3.14. The third-order valence-corrected chi connectivity index (χ3v) is 6.11. The van der Waals surface area contributed by atoms with Crippen molar-refractivity contribution in [3.63, 3.8) is 0 Å². The van der Waals surface area contributed by atoms with Gasteiger partial charge in [0.15, 0.2) is 0 Å². The van der Waals surface area contributed by atoms with Crippen molar-refractivity contribution in [2.45, 2.75) is 19.4 Å². The number of halogens is 1. The van der Waals surface area contributed by atoms with E-state index in [9.17, 15) is 14.0 Å². The summed E-state index contributed by atoms with van der Waals surface area (Å²) < 4.78 is 15.2. The first-order valence-corrected chi connectivity index (χ1v) is 9.99. The Kier molecular flexibility index (Phi) is 4.15. The van der Waals surface area contributed by atoms with Gasteiger partial charge in [-0.3, -0.25) is 9.59 Å². The first-order valence-electron chi connectivity index (χ1n) is 9.99. The number of hydrogen-bond donors (Lipinski definition) is 0. The molecule has 0 aliphatic carbocycles. The van der Waals surface area contributed by atoms with Crippen LogP contribution in [0.4, 0.5) is 10.1 Å². The van der Waals surface area contributed by atoms with E-state index < -0.39 is 0 Å². The number of benzene rings is 2. The molecule has 0 radical (unpaired) electrons. The highest BCUT2D eigenvalue weighted by molar-refractivity contribution is 5.98. The van der Waals surface area contributed by atoms with Crippen LogP contribution in [-0.2, 0) is 6.42 Å². The fraction of sp³-hybridized carbons (Fsp3) is 0.304. The van der Waals surface area contributed by atoms with Crippen molar-refractivity contribution in [3.8, 4) is 0 Å². The standard InChI is InChI=1S/C23H22FN3O2/c1-15-13-16-3-2-4-19-21(16)27(15)14-20(22(19)28)23(29)26-11-9-25(10-12-26)18-7-5-17(24)6-8-18/h2-8,14-15H,9-13H2,1H3. The molecule has 3 aromatic rings. The largest absolute Gasteiger partial charge is 0.368 e. The second kappa shape index (κ2) is 6.72. The zero-order valence-electron chi connectivity index (χ0n) is 16.3. The Balaban J connectivity index is 1.41. The Bertz CT molecular complexity index is 1160. The molecule has 1 fully saturated rings. The molecule has 0 spiro atoms. The maximum atomic E-state index is 13.2. The van der Waals surface area contributed by atoms with Gasteiger partial charge in [0, 0.05) is 49.5 Å². The second-order valence-corrected chi connectivity index (χ2v) is 7.90. The molecule has 148 valence electrons. The van der Waals surface area contributed by atoms with Crippen LogP contribution in [0.2, 0.25) is 0 Å². The summed E-state index contributed by atoms with van der Waals surface area (Å²) in [6.07, 6.45) is 2.63. The fourth-order valence-corrected chi connectivity index (χ4v) is 4.56. The van der Waals surface area contributed by atoms with E-state index in [0.29, 0.717) is 31.6 Å². The summed E-state index contributed by atoms with van der Waals surface area (Å²) in [5.74, 6) is -0.464. The zero-order valence-corrected chi connectivity index (χ0v) is 16.3. The predicted octanol–water partition coefficient (Wildman–Crippen LogP) is 3.22. The Hall–Kier alpha value is -3.15. The Labute approximate surface area is 168 Å². The number of aromatic nitrogens is 1. The lowest BCUT2D eigenvalue weighted by Gasteiger charge is -2.36. The fourth-order valence-electron chi connectivity index (χ4n) is 4.56. The van der Waals surface area contributed by atoms with Gasteiger partial charge in [-0.2, -0.15) is 0 Å². The van der Waals surface area contributed by atoms with Gasteiger partial charge < -0.3 is 14.4 Å². The highest BCUT2D eigenvalue weighted by atomic mass is 19.1. The lowest BCUT2D eigenvalue weighted by Crippen LogP contribution is -2.49. The summed E-state index contributed by atoms with van der Waals surface area (Å²) >= 11 is 0. The van der Waals surface area contributed by atoms with Crippen molar-refractivity contribution in [2.75, 3.05) is 31.1 Å². The molecule has 1 saturated heterocycles. The van der Waals surface area contributed by atoms with Crippen LogP contribution in [0.25, 0.3) is 10.9 Å². The lowest BCUT2D eigenvalue weighted by atomic mass is 10.1. The van der Waals surface area contributed by atoms with E-state index in [2.05, 4.69) is 22.5 Å². The summed E-state index contributed by atoms with van der Waals surface area (Å²) in [6.45, 7) is 4.48. The van der Waals surface area contributed by atoms with Crippen LogP contribution in [0.15, 0.2) is 53.5 Å². The molecule has 1 aromatic heterocycles. The van der Waals surface area contributed by atoms with Gasteiger partial charge in [0.1, 0.15) is 11.4 Å². The van der Waals surface area contributed by atoms with Crippen molar-refractivity contribution in [1.82, 2.24) is 9.47 Å². The molecule has 0 saturated carbocycles. The number of anilines is 1. The van der Waals surface area contributed by atoms with E-state index in [1.165, 1.54) is 17.7 Å². The monoisotopic (exact) mass is 391 g/mol. The van der Waals surface area contributed by atoms with Crippen molar-refractivity contribution in [3.05, 3.63) is 75.8 Å². The van der Waals surface area contributed by atoms with Gasteiger partial charge in [0.2, 0.25) is 5.43 Å². The Morgan fingerprint density at radius 1 is 1.03 bits per heavy atom. The molecule has 5 nitrogen and oxygen atoms in total. The van der Waals surface area contributed by atoms with E-state index in [0.717, 1.165) is 17.6 Å². The molecule has 1 amide bonds. The van der Waals surface area contributed by atoms with Gasteiger partial charge >= 0.3 is 0 Å². The molecule has 2 aliphatic heterocycles. The molecule has 6 heteroatoms. The zero-order chi connectivity index (χ0) is 20.1. The van der Waals surface area contributed by atoms with Gasteiger partial charge in [-0.05, 0) is 49.2 Å². The van der Waals surface area contributed by atoms with Crippen LogP contribution < -0.4 is 10.3 Å². The van der Waals surface area contributed by atoms with Crippen LogP contribution in [-0.4, -0.2) is 41.6 Å². The van der Waals surface area contributed by atoms with E-state index in [4.69, 9.17) is 0 Å². The van der Waals surface area contributed by atoms with Crippen molar-refractivity contribution in [1.29, 1.82) is 0 Å². The third kappa shape index (κ3) is 2.90. The highest BCUT2D eigenvalue weighted by Gasteiger charge is 2.28. The molecule has 1 unspecified atom stereocenters. The quantitative estimate of drug-likeness (QED) is 0.674. The Morgan fingerprint density at radius 2 is 1.76 bits per heavy atom. The maximum Gasteiger partial charge on any atom is 0.259 e. The molecule has 0 bridgehead atoms. The summed E-state index contributed by atoms with van der Waals surface area (Å²) in [4.78, 5) is 30.1. The smallest absolute Gasteiger partial charge is 0.259 e. The number of piperazine rings is 1. The van der Waals surface area contributed by atoms with Crippen molar-refractivity contribution < 1.29 is 9.18 Å². The van der Waals surface area contributed by atoms with Crippen LogP contribution in [0.1, 0.15) is 28.9 Å². The molecule has 2 aromatic carbocycles. The Morgan fingerprint density at radius 3 is 2.48 bits per heavy atom. The molecule has 1 atom stereocenters. The average molecular weight is 391 g/mol. The maximum absolute atomic E-state index is 13.2. The minimum Gasteiger partial charge on any atom is -0.368 e. The topological polar surface area (TPSA) is 45.6 Å². The number of hydrogen-bond acceptors (Lipinski definition) is 3.